The van der Waals surface area contributed by atoms with Crippen molar-refractivity contribution in [2.75, 3.05) is 17.6 Å². The average Bonchev–Trinajstić information content (AvgIpc) is 2.55. The third kappa shape index (κ3) is 18.6. The molecule has 0 fully saturated rings. The lowest BCUT2D eigenvalue weighted by Gasteiger charge is -2.16. The molecule has 0 N–H and O–H groups in total. The van der Waals surface area contributed by atoms with E-state index < -0.39 is 0 Å². The fourth-order valence-electron chi connectivity index (χ4n) is 2.70. The molecule has 0 amide bonds. The third-order valence-electron chi connectivity index (χ3n) is 3.96. The van der Waals surface area contributed by atoms with Crippen LogP contribution in [0, 0.1) is 0 Å². The van der Waals surface area contributed by atoms with Crippen LogP contribution in [0.25, 0.3) is 0 Å². The summed E-state index contributed by atoms with van der Waals surface area (Å²) in [6, 6.07) is 0. The maximum absolute atomic E-state index is 5.57. The summed E-state index contributed by atoms with van der Waals surface area (Å²) in [5, 5.41) is 0. The molecule has 0 spiro atoms. The van der Waals surface area contributed by atoms with Gasteiger partial charge in [0.1, 0.15) is 0 Å². The molecular formula is C20H39IO2. The third-order valence-corrected chi connectivity index (χ3v) is 4.58. The summed E-state index contributed by atoms with van der Waals surface area (Å²) >= 11 is 2.43. The van der Waals surface area contributed by atoms with E-state index >= 15 is 0 Å². The zero-order valence-corrected chi connectivity index (χ0v) is 17.7. The Labute approximate surface area is 158 Å². The van der Waals surface area contributed by atoms with Gasteiger partial charge < -0.3 is 9.47 Å². The lowest BCUT2D eigenvalue weighted by atomic mass is 10.1. The standard InChI is InChI=1S/C20H39IO2/c1-3-22-20(23-4-2)18-16-14-12-10-8-6-5-7-9-11-13-15-17-19-21/h13,15,20H,3-12,14,16-19H2,1-2H3/b15-13-. The van der Waals surface area contributed by atoms with Gasteiger partial charge in [-0.2, -0.15) is 0 Å². The molecule has 23 heavy (non-hydrogen) atoms. The summed E-state index contributed by atoms with van der Waals surface area (Å²) in [4.78, 5) is 0. The van der Waals surface area contributed by atoms with E-state index in [4.69, 9.17) is 9.47 Å². The van der Waals surface area contributed by atoms with Gasteiger partial charge in [0, 0.05) is 17.6 Å². The van der Waals surface area contributed by atoms with Gasteiger partial charge in [-0.15, -0.1) is 0 Å². The highest BCUT2D eigenvalue weighted by Crippen LogP contribution is 2.13. The molecule has 3 heteroatoms. The number of alkyl halides is 1. The van der Waals surface area contributed by atoms with Crippen LogP contribution in [0.3, 0.4) is 0 Å². The van der Waals surface area contributed by atoms with Crippen molar-refractivity contribution in [2.24, 2.45) is 0 Å². The first-order valence-corrected chi connectivity index (χ1v) is 11.3. The van der Waals surface area contributed by atoms with E-state index in [1.165, 1.54) is 75.1 Å². The molecule has 2 nitrogen and oxygen atoms in total. The van der Waals surface area contributed by atoms with Gasteiger partial charge in [-0.05, 0) is 46.0 Å². The Morgan fingerprint density at radius 2 is 1.17 bits per heavy atom. The highest BCUT2D eigenvalue weighted by Gasteiger charge is 2.06. The van der Waals surface area contributed by atoms with Crippen molar-refractivity contribution < 1.29 is 9.47 Å². The monoisotopic (exact) mass is 438 g/mol. The predicted octanol–water partition coefficient (Wildman–Crippen LogP) is 7.06. The van der Waals surface area contributed by atoms with Crippen molar-refractivity contribution in [3.63, 3.8) is 0 Å². The summed E-state index contributed by atoms with van der Waals surface area (Å²) in [6.07, 6.45) is 20.6. The molecule has 0 unspecified atom stereocenters. The molecule has 0 radical (unpaired) electrons. The zero-order valence-electron chi connectivity index (χ0n) is 15.5. The van der Waals surface area contributed by atoms with Gasteiger partial charge in [-0.1, -0.05) is 79.7 Å². The van der Waals surface area contributed by atoms with Gasteiger partial charge in [0.15, 0.2) is 6.29 Å². The molecule has 0 aliphatic rings. The van der Waals surface area contributed by atoms with Crippen LogP contribution in [-0.4, -0.2) is 23.9 Å². The highest BCUT2D eigenvalue weighted by atomic mass is 127. The molecule has 0 atom stereocenters. The van der Waals surface area contributed by atoms with Gasteiger partial charge >= 0.3 is 0 Å². The molecule has 0 aliphatic heterocycles. The number of hydrogen-bond donors (Lipinski definition) is 0. The Morgan fingerprint density at radius 3 is 1.70 bits per heavy atom. The van der Waals surface area contributed by atoms with Crippen LogP contribution in [0.1, 0.15) is 90.9 Å². The number of unbranched alkanes of at least 4 members (excludes halogenated alkanes) is 9. The van der Waals surface area contributed by atoms with E-state index in [0.717, 1.165) is 19.6 Å². The molecule has 0 saturated carbocycles. The van der Waals surface area contributed by atoms with Crippen LogP contribution >= 0.6 is 22.6 Å². The summed E-state index contributed by atoms with van der Waals surface area (Å²) in [7, 11) is 0. The lowest BCUT2D eigenvalue weighted by Crippen LogP contribution is -2.17. The molecule has 0 rings (SSSR count). The van der Waals surface area contributed by atoms with E-state index in [9.17, 15) is 0 Å². The molecule has 138 valence electrons. The highest BCUT2D eigenvalue weighted by molar-refractivity contribution is 14.1. The minimum absolute atomic E-state index is 0.0240. The number of halogens is 1. The van der Waals surface area contributed by atoms with Crippen molar-refractivity contribution in [1.29, 1.82) is 0 Å². The lowest BCUT2D eigenvalue weighted by molar-refractivity contribution is -0.140. The summed E-state index contributed by atoms with van der Waals surface area (Å²) in [5.41, 5.74) is 0. The first kappa shape index (κ1) is 23.4. The molecular weight excluding hydrogens is 399 g/mol. The van der Waals surface area contributed by atoms with Crippen LogP contribution in [-0.2, 0) is 9.47 Å². The number of rotatable bonds is 18. The second-order valence-electron chi connectivity index (χ2n) is 6.05. The maximum atomic E-state index is 5.57. The van der Waals surface area contributed by atoms with Crippen LogP contribution in [0.2, 0.25) is 0 Å². The topological polar surface area (TPSA) is 18.5 Å². The Balaban J connectivity index is 3.21. The Hall–Kier alpha value is 0.390. The summed E-state index contributed by atoms with van der Waals surface area (Å²) in [6.45, 7) is 5.57. The van der Waals surface area contributed by atoms with E-state index in [0.29, 0.717) is 0 Å². The first-order valence-electron chi connectivity index (χ1n) is 9.79. The summed E-state index contributed by atoms with van der Waals surface area (Å²) in [5.74, 6) is 0. The van der Waals surface area contributed by atoms with E-state index in [1.54, 1.807) is 0 Å². The molecule has 0 aromatic rings. The molecule has 0 saturated heterocycles. The van der Waals surface area contributed by atoms with E-state index in [2.05, 4.69) is 34.7 Å². The molecule has 0 aromatic carbocycles. The predicted molar refractivity (Wildman–Crippen MR) is 110 cm³/mol. The van der Waals surface area contributed by atoms with Crippen LogP contribution < -0.4 is 0 Å². The molecule has 0 aliphatic carbocycles. The van der Waals surface area contributed by atoms with Crippen molar-refractivity contribution in [2.45, 2.75) is 97.2 Å². The largest absolute Gasteiger partial charge is 0.353 e. The molecule has 0 aromatic heterocycles. The average molecular weight is 438 g/mol. The second kappa shape index (κ2) is 20.4. The van der Waals surface area contributed by atoms with Gasteiger partial charge in [-0.3, -0.25) is 0 Å². The maximum Gasteiger partial charge on any atom is 0.157 e. The second-order valence-corrected chi connectivity index (χ2v) is 7.13. The van der Waals surface area contributed by atoms with Gasteiger partial charge in [0.2, 0.25) is 0 Å². The van der Waals surface area contributed by atoms with Crippen molar-refractivity contribution in [3.05, 3.63) is 12.2 Å². The first-order chi connectivity index (χ1) is 11.3. The van der Waals surface area contributed by atoms with Crippen LogP contribution in [0.15, 0.2) is 12.2 Å². The SMILES string of the molecule is CCOC(CCCCCCCCCCC/C=C\CCI)OCC. The fourth-order valence-corrected chi connectivity index (χ4v) is 3.06. The van der Waals surface area contributed by atoms with Crippen molar-refractivity contribution in [3.8, 4) is 0 Å². The van der Waals surface area contributed by atoms with Crippen LogP contribution in [0.4, 0.5) is 0 Å². The minimum Gasteiger partial charge on any atom is -0.353 e. The van der Waals surface area contributed by atoms with E-state index in [-0.39, 0.29) is 6.29 Å². The Morgan fingerprint density at radius 1 is 0.696 bits per heavy atom. The van der Waals surface area contributed by atoms with Gasteiger partial charge in [0.25, 0.3) is 0 Å². The molecule has 0 heterocycles. The normalized spacial score (nSPS) is 11.8. The fraction of sp³-hybridized carbons (Fsp3) is 0.900. The Kier molecular flexibility index (Phi) is 20.8. The number of allylic oxidation sites excluding steroid dienone is 2. The summed E-state index contributed by atoms with van der Waals surface area (Å²) < 4.78 is 12.4. The smallest absolute Gasteiger partial charge is 0.157 e. The van der Waals surface area contributed by atoms with Crippen molar-refractivity contribution >= 4 is 22.6 Å². The minimum atomic E-state index is 0.0240. The molecule has 0 bridgehead atoms. The zero-order chi connectivity index (χ0) is 17.0. The van der Waals surface area contributed by atoms with Gasteiger partial charge in [0.05, 0.1) is 0 Å². The number of ether oxygens (including phenoxy) is 2. The number of hydrogen-bond acceptors (Lipinski definition) is 2. The van der Waals surface area contributed by atoms with Crippen molar-refractivity contribution in [1.82, 2.24) is 0 Å². The van der Waals surface area contributed by atoms with Crippen LogP contribution in [0.5, 0.6) is 0 Å². The Bertz CT molecular complexity index is 238. The van der Waals surface area contributed by atoms with Gasteiger partial charge in [-0.25, -0.2) is 0 Å². The van der Waals surface area contributed by atoms with E-state index in [1.807, 2.05) is 13.8 Å². The quantitative estimate of drug-likeness (QED) is 0.0750.